The predicted octanol–water partition coefficient (Wildman–Crippen LogP) is 3.78. The van der Waals surface area contributed by atoms with E-state index >= 15 is 0 Å². The van der Waals surface area contributed by atoms with Crippen molar-refractivity contribution in [3.8, 4) is 0 Å². The second-order valence-electron chi connectivity index (χ2n) is 4.61. The molecule has 2 aliphatic rings. The van der Waals surface area contributed by atoms with Crippen LogP contribution in [0.5, 0.6) is 0 Å². The van der Waals surface area contributed by atoms with Crippen LogP contribution in [0.25, 0.3) is 0 Å². The van der Waals surface area contributed by atoms with E-state index in [9.17, 15) is 0 Å². The molecule has 1 aliphatic carbocycles. The summed E-state index contributed by atoms with van der Waals surface area (Å²) >= 11 is 0. The van der Waals surface area contributed by atoms with Crippen LogP contribution in [-0.2, 0) is 4.74 Å². The summed E-state index contributed by atoms with van der Waals surface area (Å²) in [5.41, 5.74) is 4.40. The Balaban J connectivity index is 1.79. The Hall–Kier alpha value is -0.820. The molecule has 0 aromatic rings. The van der Waals surface area contributed by atoms with Crippen molar-refractivity contribution in [2.75, 3.05) is 6.61 Å². The van der Waals surface area contributed by atoms with Crippen LogP contribution in [0.1, 0.15) is 39.5 Å². The SMILES string of the molecule is CC1=C(C)C/C(=C\CCC2CCO2)C=C1. The second-order valence-corrected chi connectivity index (χ2v) is 4.61. The van der Waals surface area contributed by atoms with Gasteiger partial charge in [0.25, 0.3) is 0 Å². The van der Waals surface area contributed by atoms with E-state index in [4.69, 9.17) is 4.74 Å². The van der Waals surface area contributed by atoms with Crippen molar-refractivity contribution in [3.05, 3.63) is 34.9 Å². The monoisotopic (exact) mass is 204 g/mol. The van der Waals surface area contributed by atoms with E-state index in [0.29, 0.717) is 6.10 Å². The highest BCUT2D eigenvalue weighted by Gasteiger charge is 2.16. The lowest BCUT2D eigenvalue weighted by Crippen LogP contribution is -2.26. The highest BCUT2D eigenvalue weighted by molar-refractivity contribution is 5.38. The van der Waals surface area contributed by atoms with Crippen LogP contribution < -0.4 is 0 Å². The molecule has 0 aromatic heterocycles. The maximum atomic E-state index is 5.40. The maximum Gasteiger partial charge on any atom is 0.0600 e. The topological polar surface area (TPSA) is 9.23 Å². The third-order valence-electron chi connectivity index (χ3n) is 3.38. The molecular weight excluding hydrogens is 184 g/mol. The largest absolute Gasteiger partial charge is 0.378 e. The molecule has 15 heavy (non-hydrogen) atoms. The van der Waals surface area contributed by atoms with E-state index in [2.05, 4.69) is 32.1 Å². The molecule has 1 unspecified atom stereocenters. The summed E-state index contributed by atoms with van der Waals surface area (Å²) in [6, 6.07) is 0. The van der Waals surface area contributed by atoms with Crippen LogP contribution in [0.4, 0.5) is 0 Å². The van der Waals surface area contributed by atoms with Gasteiger partial charge in [0.05, 0.1) is 6.10 Å². The molecule has 0 spiro atoms. The molecule has 1 heteroatoms. The van der Waals surface area contributed by atoms with Gasteiger partial charge in [-0.15, -0.1) is 0 Å². The Kier molecular flexibility index (Phi) is 3.42. The second kappa shape index (κ2) is 4.80. The summed E-state index contributed by atoms with van der Waals surface area (Å²) in [4.78, 5) is 0. The van der Waals surface area contributed by atoms with Crippen LogP contribution in [-0.4, -0.2) is 12.7 Å². The summed E-state index contributed by atoms with van der Waals surface area (Å²) in [7, 11) is 0. The number of rotatable bonds is 3. The summed E-state index contributed by atoms with van der Waals surface area (Å²) in [5.74, 6) is 0. The normalized spacial score (nSPS) is 28.4. The zero-order valence-electron chi connectivity index (χ0n) is 9.75. The third-order valence-corrected chi connectivity index (χ3v) is 3.38. The molecule has 0 amide bonds. The molecule has 0 N–H and O–H groups in total. The van der Waals surface area contributed by atoms with Gasteiger partial charge in [0.2, 0.25) is 0 Å². The maximum absolute atomic E-state index is 5.40. The van der Waals surface area contributed by atoms with Gasteiger partial charge in [0.1, 0.15) is 0 Å². The van der Waals surface area contributed by atoms with E-state index in [1.807, 2.05) is 0 Å². The van der Waals surface area contributed by atoms with Crippen LogP contribution in [0, 0.1) is 0 Å². The van der Waals surface area contributed by atoms with Gasteiger partial charge in [-0.1, -0.05) is 29.4 Å². The third kappa shape index (κ3) is 2.82. The highest BCUT2D eigenvalue weighted by Crippen LogP contribution is 2.24. The number of hydrogen-bond donors (Lipinski definition) is 0. The average molecular weight is 204 g/mol. The zero-order valence-corrected chi connectivity index (χ0v) is 9.75. The Labute approximate surface area is 92.5 Å². The molecule has 0 bridgehead atoms. The molecule has 0 radical (unpaired) electrons. The molecular formula is C14H20O. The Morgan fingerprint density at radius 1 is 1.40 bits per heavy atom. The summed E-state index contributed by atoms with van der Waals surface area (Å²) in [5, 5.41) is 0. The van der Waals surface area contributed by atoms with Crippen molar-refractivity contribution in [2.45, 2.75) is 45.6 Å². The van der Waals surface area contributed by atoms with Crippen molar-refractivity contribution in [1.82, 2.24) is 0 Å². The van der Waals surface area contributed by atoms with E-state index in [0.717, 1.165) is 19.4 Å². The Morgan fingerprint density at radius 2 is 2.20 bits per heavy atom. The van der Waals surface area contributed by atoms with Gasteiger partial charge in [-0.05, 0) is 45.1 Å². The molecule has 1 nitrogen and oxygen atoms in total. The van der Waals surface area contributed by atoms with E-state index < -0.39 is 0 Å². The minimum absolute atomic E-state index is 0.549. The van der Waals surface area contributed by atoms with Gasteiger partial charge in [0, 0.05) is 6.61 Å². The average Bonchev–Trinajstić information content (AvgIpc) is 2.15. The first-order valence-corrected chi connectivity index (χ1v) is 5.91. The van der Waals surface area contributed by atoms with Crippen molar-refractivity contribution >= 4 is 0 Å². The van der Waals surface area contributed by atoms with Crippen molar-refractivity contribution in [1.29, 1.82) is 0 Å². The molecule has 1 fully saturated rings. The Morgan fingerprint density at radius 3 is 2.80 bits per heavy atom. The van der Waals surface area contributed by atoms with Crippen molar-refractivity contribution in [3.63, 3.8) is 0 Å². The fourth-order valence-electron chi connectivity index (χ4n) is 1.99. The van der Waals surface area contributed by atoms with E-state index in [1.165, 1.54) is 29.6 Å². The summed E-state index contributed by atoms with van der Waals surface area (Å²) < 4.78 is 5.40. The minimum atomic E-state index is 0.549. The first-order valence-electron chi connectivity index (χ1n) is 5.91. The molecule has 1 atom stereocenters. The smallest absolute Gasteiger partial charge is 0.0600 e. The molecule has 0 aromatic carbocycles. The molecule has 82 valence electrons. The quantitative estimate of drug-likeness (QED) is 0.680. The first kappa shape index (κ1) is 10.7. The number of ether oxygens (including phenoxy) is 1. The van der Waals surface area contributed by atoms with Crippen LogP contribution >= 0.6 is 0 Å². The van der Waals surface area contributed by atoms with Gasteiger partial charge < -0.3 is 4.74 Å². The van der Waals surface area contributed by atoms with Gasteiger partial charge in [-0.3, -0.25) is 0 Å². The van der Waals surface area contributed by atoms with Gasteiger partial charge in [0.15, 0.2) is 0 Å². The Bertz CT molecular complexity index is 316. The van der Waals surface area contributed by atoms with E-state index in [-0.39, 0.29) is 0 Å². The lowest BCUT2D eigenvalue weighted by molar-refractivity contribution is -0.0538. The molecule has 2 rings (SSSR count). The highest BCUT2D eigenvalue weighted by atomic mass is 16.5. The van der Waals surface area contributed by atoms with Crippen molar-refractivity contribution < 1.29 is 4.74 Å². The fraction of sp³-hybridized carbons (Fsp3) is 0.571. The summed E-state index contributed by atoms with van der Waals surface area (Å²) in [6.07, 6.45) is 12.1. The first-order chi connectivity index (χ1) is 7.25. The van der Waals surface area contributed by atoms with Gasteiger partial charge in [-0.2, -0.15) is 0 Å². The van der Waals surface area contributed by atoms with Gasteiger partial charge >= 0.3 is 0 Å². The van der Waals surface area contributed by atoms with Crippen molar-refractivity contribution in [2.24, 2.45) is 0 Å². The van der Waals surface area contributed by atoms with E-state index in [1.54, 1.807) is 0 Å². The summed E-state index contributed by atoms with van der Waals surface area (Å²) in [6.45, 7) is 5.38. The minimum Gasteiger partial charge on any atom is -0.378 e. The fourth-order valence-corrected chi connectivity index (χ4v) is 1.99. The van der Waals surface area contributed by atoms with Gasteiger partial charge in [-0.25, -0.2) is 0 Å². The standard InChI is InChI=1S/C14H20O/c1-11-6-7-13(10-12(11)2)4-3-5-14-8-9-15-14/h4,6-7,14H,3,5,8-10H2,1-2H3/b13-4-. The molecule has 0 saturated carbocycles. The van der Waals surface area contributed by atoms with Crippen LogP contribution in [0.2, 0.25) is 0 Å². The number of hydrogen-bond acceptors (Lipinski definition) is 1. The predicted molar refractivity (Wildman–Crippen MR) is 63.8 cm³/mol. The zero-order chi connectivity index (χ0) is 10.7. The molecule has 1 saturated heterocycles. The lowest BCUT2D eigenvalue weighted by Gasteiger charge is -2.25. The number of allylic oxidation sites excluding steroid dienone is 6. The van der Waals surface area contributed by atoms with Crippen LogP contribution in [0.3, 0.4) is 0 Å². The van der Waals surface area contributed by atoms with Crippen LogP contribution in [0.15, 0.2) is 34.9 Å². The lowest BCUT2D eigenvalue weighted by atomic mass is 9.94. The molecule has 1 aliphatic heterocycles. The molecule has 1 heterocycles.